The second kappa shape index (κ2) is 9.76. The van der Waals surface area contributed by atoms with E-state index in [0.717, 1.165) is 48.6 Å². The van der Waals surface area contributed by atoms with Crippen molar-refractivity contribution < 1.29 is 9.18 Å². The number of benzene rings is 2. The second-order valence-electron chi connectivity index (χ2n) is 8.36. The van der Waals surface area contributed by atoms with Crippen LogP contribution in [0.1, 0.15) is 30.4 Å². The lowest BCUT2D eigenvalue weighted by atomic mass is 9.83. The van der Waals surface area contributed by atoms with Gasteiger partial charge in [-0.1, -0.05) is 54.1 Å². The normalized spacial score (nSPS) is 22.8. The van der Waals surface area contributed by atoms with Crippen molar-refractivity contribution in [1.29, 1.82) is 0 Å². The number of rotatable bonds is 6. The zero-order valence-electron chi connectivity index (χ0n) is 17.1. The van der Waals surface area contributed by atoms with Gasteiger partial charge in [-0.3, -0.25) is 9.69 Å². The van der Waals surface area contributed by atoms with Gasteiger partial charge in [0.25, 0.3) is 0 Å². The molecule has 5 heteroatoms. The number of nitrogens with zero attached hydrogens (tertiary/aromatic N) is 2. The highest BCUT2D eigenvalue weighted by Gasteiger charge is 2.38. The van der Waals surface area contributed by atoms with Gasteiger partial charge in [-0.2, -0.15) is 0 Å². The minimum atomic E-state index is -0.218. The molecule has 4 rings (SSSR count). The summed E-state index contributed by atoms with van der Waals surface area (Å²) >= 11 is 6.53. The molecule has 30 heavy (non-hydrogen) atoms. The van der Waals surface area contributed by atoms with E-state index in [2.05, 4.69) is 21.9 Å². The van der Waals surface area contributed by atoms with Crippen LogP contribution in [0.4, 0.5) is 4.39 Å². The lowest BCUT2D eigenvalue weighted by Gasteiger charge is -2.47. The fourth-order valence-corrected chi connectivity index (χ4v) is 5.09. The van der Waals surface area contributed by atoms with E-state index >= 15 is 0 Å². The number of hydrogen-bond donors (Lipinski definition) is 0. The maximum absolute atomic E-state index is 13.5. The summed E-state index contributed by atoms with van der Waals surface area (Å²) in [7, 11) is 0. The van der Waals surface area contributed by atoms with E-state index in [1.165, 1.54) is 6.07 Å². The molecule has 0 saturated carbocycles. The molecule has 2 fully saturated rings. The highest BCUT2D eigenvalue weighted by atomic mass is 35.5. The van der Waals surface area contributed by atoms with Crippen molar-refractivity contribution in [1.82, 2.24) is 9.80 Å². The Labute approximate surface area is 183 Å². The number of carbonyl (C=O) groups is 1. The van der Waals surface area contributed by atoms with Gasteiger partial charge in [0.1, 0.15) is 5.82 Å². The minimum Gasteiger partial charge on any atom is -0.339 e. The lowest BCUT2D eigenvalue weighted by Crippen LogP contribution is -2.56. The van der Waals surface area contributed by atoms with Crippen molar-refractivity contribution in [3.05, 3.63) is 76.6 Å². The molecule has 0 aromatic heterocycles. The third kappa shape index (κ3) is 5.30. The topological polar surface area (TPSA) is 23.6 Å². The summed E-state index contributed by atoms with van der Waals surface area (Å²) in [5.41, 5.74) is 2.06. The molecule has 2 aliphatic heterocycles. The number of piperidine rings is 2. The molecule has 2 aromatic carbocycles. The van der Waals surface area contributed by atoms with Gasteiger partial charge in [0.2, 0.25) is 5.91 Å². The number of amides is 1. The zero-order valence-corrected chi connectivity index (χ0v) is 17.9. The second-order valence-corrected chi connectivity index (χ2v) is 8.84. The summed E-state index contributed by atoms with van der Waals surface area (Å²) in [5.74, 6) is 0.498. The SMILES string of the molecule is O=C1CC[C@@H]2CN(C/C(Cl)=C/c3ccccc3)CC[C@@H]2N1CCc1cccc(F)c1. The number of hydrogen-bond acceptors (Lipinski definition) is 2. The number of fused-ring (bicyclic) bond motifs is 1. The van der Waals surface area contributed by atoms with Crippen LogP contribution in [0, 0.1) is 11.7 Å². The van der Waals surface area contributed by atoms with Gasteiger partial charge in [0, 0.05) is 43.7 Å². The molecule has 158 valence electrons. The van der Waals surface area contributed by atoms with E-state index in [0.29, 0.717) is 25.3 Å². The summed E-state index contributed by atoms with van der Waals surface area (Å²) in [6, 6.07) is 17.1. The van der Waals surface area contributed by atoms with Crippen molar-refractivity contribution in [3.8, 4) is 0 Å². The van der Waals surface area contributed by atoms with Crippen LogP contribution in [-0.4, -0.2) is 47.9 Å². The Balaban J connectivity index is 1.35. The Kier molecular flexibility index (Phi) is 6.86. The number of likely N-dealkylation sites (tertiary alicyclic amines) is 2. The summed E-state index contributed by atoms with van der Waals surface area (Å²) in [4.78, 5) is 17.1. The fraction of sp³-hybridized carbons (Fsp3) is 0.400. The number of carbonyl (C=O) groups excluding carboxylic acids is 1. The van der Waals surface area contributed by atoms with Gasteiger partial charge < -0.3 is 4.90 Å². The maximum Gasteiger partial charge on any atom is 0.222 e. The van der Waals surface area contributed by atoms with Crippen molar-refractivity contribution in [2.45, 2.75) is 31.7 Å². The molecule has 0 spiro atoms. The monoisotopic (exact) mass is 426 g/mol. The fourth-order valence-electron chi connectivity index (χ4n) is 4.79. The summed E-state index contributed by atoms with van der Waals surface area (Å²) in [6.07, 6.45) is 5.24. The Morgan fingerprint density at radius 2 is 1.97 bits per heavy atom. The van der Waals surface area contributed by atoms with Crippen LogP contribution in [0.25, 0.3) is 6.08 Å². The predicted molar refractivity (Wildman–Crippen MR) is 120 cm³/mol. The smallest absolute Gasteiger partial charge is 0.222 e. The van der Waals surface area contributed by atoms with Crippen LogP contribution in [0.2, 0.25) is 0 Å². The van der Waals surface area contributed by atoms with E-state index in [4.69, 9.17) is 11.6 Å². The van der Waals surface area contributed by atoms with Gasteiger partial charge in [-0.05, 0) is 54.5 Å². The average Bonchev–Trinajstić information content (AvgIpc) is 2.74. The minimum absolute atomic E-state index is 0.218. The Hall–Kier alpha value is -2.17. The van der Waals surface area contributed by atoms with Gasteiger partial charge >= 0.3 is 0 Å². The summed E-state index contributed by atoms with van der Waals surface area (Å²) < 4.78 is 13.5. The molecular formula is C25H28ClFN2O. The van der Waals surface area contributed by atoms with Crippen LogP contribution >= 0.6 is 11.6 Å². The van der Waals surface area contributed by atoms with E-state index in [-0.39, 0.29) is 17.8 Å². The molecule has 0 bridgehead atoms. The molecule has 2 aromatic rings. The lowest BCUT2D eigenvalue weighted by molar-refractivity contribution is -0.140. The highest BCUT2D eigenvalue weighted by molar-refractivity contribution is 6.31. The zero-order chi connectivity index (χ0) is 20.9. The van der Waals surface area contributed by atoms with Crippen molar-refractivity contribution in [2.75, 3.05) is 26.2 Å². The highest BCUT2D eigenvalue weighted by Crippen LogP contribution is 2.32. The van der Waals surface area contributed by atoms with E-state index in [1.807, 2.05) is 30.3 Å². The first kappa shape index (κ1) is 21.1. The standard InChI is InChI=1S/C25H28ClFN2O/c26-22(15-19-5-2-1-3-6-19)18-28-13-12-24-21(17-28)9-10-25(30)29(24)14-11-20-7-4-8-23(27)16-20/h1-8,15-16,21,24H,9-14,17-18H2/b22-15-/t21-,24+/m1/s1. The average molecular weight is 427 g/mol. The van der Waals surface area contributed by atoms with E-state index in [1.54, 1.807) is 12.1 Å². The van der Waals surface area contributed by atoms with Crippen LogP contribution in [0.5, 0.6) is 0 Å². The first-order valence-corrected chi connectivity index (χ1v) is 11.1. The van der Waals surface area contributed by atoms with E-state index in [9.17, 15) is 9.18 Å². The van der Waals surface area contributed by atoms with Gasteiger partial charge in [-0.15, -0.1) is 0 Å². The van der Waals surface area contributed by atoms with Crippen LogP contribution in [0.15, 0.2) is 59.6 Å². The molecule has 2 atom stereocenters. The molecule has 2 saturated heterocycles. The molecule has 0 radical (unpaired) electrons. The van der Waals surface area contributed by atoms with Crippen LogP contribution in [-0.2, 0) is 11.2 Å². The van der Waals surface area contributed by atoms with Crippen LogP contribution in [0.3, 0.4) is 0 Å². The molecule has 0 unspecified atom stereocenters. The third-order valence-electron chi connectivity index (χ3n) is 6.26. The first-order chi connectivity index (χ1) is 14.6. The van der Waals surface area contributed by atoms with Crippen molar-refractivity contribution >= 4 is 23.6 Å². The molecule has 1 amide bonds. The molecule has 0 aliphatic carbocycles. The summed E-state index contributed by atoms with van der Waals surface area (Å²) in [6.45, 7) is 3.31. The van der Waals surface area contributed by atoms with Crippen LogP contribution < -0.4 is 0 Å². The van der Waals surface area contributed by atoms with Gasteiger partial charge in [0.15, 0.2) is 0 Å². The molecule has 2 heterocycles. The number of halogens is 2. The largest absolute Gasteiger partial charge is 0.339 e. The first-order valence-electron chi connectivity index (χ1n) is 10.8. The molecule has 0 N–H and O–H groups in total. The summed E-state index contributed by atoms with van der Waals surface area (Å²) in [5, 5.41) is 0.842. The van der Waals surface area contributed by atoms with Gasteiger partial charge in [-0.25, -0.2) is 4.39 Å². The Morgan fingerprint density at radius 1 is 1.13 bits per heavy atom. The Bertz CT molecular complexity index is 901. The maximum atomic E-state index is 13.5. The quantitative estimate of drug-likeness (QED) is 0.651. The Morgan fingerprint density at radius 3 is 2.77 bits per heavy atom. The molecular weight excluding hydrogens is 399 g/mol. The van der Waals surface area contributed by atoms with Crippen molar-refractivity contribution in [2.24, 2.45) is 5.92 Å². The molecule has 2 aliphatic rings. The molecule has 3 nitrogen and oxygen atoms in total. The van der Waals surface area contributed by atoms with E-state index < -0.39 is 0 Å². The third-order valence-corrected chi connectivity index (χ3v) is 6.48. The van der Waals surface area contributed by atoms with Gasteiger partial charge in [0.05, 0.1) is 0 Å². The predicted octanol–water partition coefficient (Wildman–Crippen LogP) is 4.96. The van der Waals surface area contributed by atoms with Crippen molar-refractivity contribution in [3.63, 3.8) is 0 Å².